The Bertz CT molecular complexity index is 4180. The Balaban J connectivity index is 0.799. The number of rotatable bonds is 20. The van der Waals surface area contributed by atoms with Crippen LogP contribution in [0.4, 0.5) is 20.2 Å². The largest absolute Gasteiger partial charge is 0.480 e. The monoisotopic (exact) mass is 1180 g/mol. The Kier molecular flexibility index (Phi) is 15.8. The van der Waals surface area contributed by atoms with Crippen molar-refractivity contribution in [3.8, 4) is 34.0 Å². The van der Waals surface area contributed by atoms with E-state index < -0.39 is 54.0 Å². The predicted octanol–water partition coefficient (Wildman–Crippen LogP) is 7.95. The number of anilines is 2. The number of nitrogens with one attached hydrogen (secondary N) is 4. The van der Waals surface area contributed by atoms with Crippen molar-refractivity contribution in [3.63, 3.8) is 0 Å². The third kappa shape index (κ3) is 12.5. The van der Waals surface area contributed by atoms with Crippen LogP contribution < -0.4 is 40.7 Å². The van der Waals surface area contributed by atoms with Crippen molar-refractivity contribution in [1.82, 2.24) is 39.7 Å². The van der Waals surface area contributed by atoms with E-state index in [2.05, 4.69) is 40.0 Å². The van der Waals surface area contributed by atoms with Gasteiger partial charge in [0.25, 0.3) is 31.2 Å². The number of hydrogen-bond donors (Lipinski definition) is 4. The highest BCUT2D eigenvalue weighted by Gasteiger charge is 2.33. The van der Waals surface area contributed by atoms with Crippen molar-refractivity contribution >= 4 is 88.2 Å². The van der Waals surface area contributed by atoms with Crippen molar-refractivity contribution in [1.29, 1.82) is 0 Å². The molecule has 0 aliphatic heterocycles. The first-order valence-electron chi connectivity index (χ1n) is 25.4. The number of halogens is 4. The van der Waals surface area contributed by atoms with Gasteiger partial charge in [-0.3, -0.25) is 37.8 Å². The van der Waals surface area contributed by atoms with Crippen LogP contribution in [0.25, 0.3) is 44.1 Å². The number of carbonyl (C=O) groups excluding carboxylic acids is 2. The number of fused-ring (bicyclic) bond motifs is 2. The predicted molar refractivity (Wildman–Crippen MR) is 299 cm³/mol. The van der Waals surface area contributed by atoms with Crippen LogP contribution in [0.15, 0.2) is 129 Å². The molecule has 2 unspecified atom stereocenters. The number of aromatic nitrogens is 6. The molecule has 2 aliphatic carbocycles. The maximum Gasteiger partial charge on any atom is 0.263 e. The van der Waals surface area contributed by atoms with Crippen LogP contribution in [-0.4, -0.2) is 83.5 Å². The summed E-state index contributed by atoms with van der Waals surface area (Å²) in [4.78, 5) is 70.7. The van der Waals surface area contributed by atoms with E-state index in [4.69, 9.17) is 32.7 Å². The van der Waals surface area contributed by atoms with Gasteiger partial charge in [0.05, 0.1) is 70.1 Å². The van der Waals surface area contributed by atoms with E-state index in [9.17, 15) is 44.8 Å². The number of sulfonamides is 2. The highest BCUT2D eigenvalue weighted by molar-refractivity contribution is 7.93. The minimum atomic E-state index is -4.45. The molecular formula is C55H50Cl2F2N10O10S2. The van der Waals surface area contributed by atoms with Gasteiger partial charge in [-0.1, -0.05) is 49.2 Å². The van der Waals surface area contributed by atoms with Crippen molar-refractivity contribution in [2.45, 2.75) is 74.5 Å². The zero-order chi connectivity index (χ0) is 57.5. The van der Waals surface area contributed by atoms with Gasteiger partial charge in [-0.2, -0.15) is 0 Å². The smallest absolute Gasteiger partial charge is 0.263 e. The van der Waals surface area contributed by atoms with Crippen LogP contribution in [-0.2, 0) is 42.7 Å². The second-order valence-corrected chi connectivity index (χ2v) is 24.1. The molecule has 81 heavy (non-hydrogen) atoms. The van der Waals surface area contributed by atoms with Gasteiger partial charge in [0, 0.05) is 48.7 Å². The molecule has 4 N–H and O–H groups in total. The number of pyridine rings is 2. The van der Waals surface area contributed by atoms with Gasteiger partial charge in [0.2, 0.25) is 23.6 Å². The van der Waals surface area contributed by atoms with E-state index in [1.807, 2.05) is 0 Å². The molecule has 0 bridgehead atoms. The number of ether oxygens (including phenoxy) is 2. The van der Waals surface area contributed by atoms with Gasteiger partial charge in [-0.15, -0.1) is 0 Å². The molecule has 2 saturated carbocycles. The molecule has 2 amide bonds. The molecule has 2 fully saturated rings. The maximum absolute atomic E-state index is 14.0. The number of hydrogen-bond acceptors (Lipinski definition) is 14. The number of nitrogens with zero attached hydrogens (tertiary/aromatic N) is 6. The van der Waals surface area contributed by atoms with Crippen molar-refractivity contribution in [2.24, 2.45) is 17.8 Å². The van der Waals surface area contributed by atoms with Crippen LogP contribution in [0.5, 0.6) is 11.8 Å². The van der Waals surface area contributed by atoms with E-state index in [0.717, 1.165) is 49.2 Å². The van der Waals surface area contributed by atoms with Crippen molar-refractivity contribution in [3.05, 3.63) is 152 Å². The molecular weight excluding hydrogens is 1130 g/mol. The van der Waals surface area contributed by atoms with Gasteiger partial charge >= 0.3 is 0 Å². The lowest BCUT2D eigenvalue weighted by atomic mass is 9.80. The standard InChI is InChI=1S/C55H50Cl2F2N10O10S2/c1-29(50(70)64-38-8-9-38)24-68-27-62-45-11-5-33(17-41(45)54(68)72)35-19-47(67-81(76,77)49-13-7-37(59)21-43(49)57)53(61-23-35)79-26-31-14-39(15-31)65-51(71)30(2)25-69-28-63-44-10-4-32(16-40(44)55(69)73)34-18-46(52(78-3)60-22-34)66-80(74,75)48-12-6-36(58)20-42(48)56/h4-7,10-13,16-23,27-31,38-39,66-67H,8-9,14-15,24-26H2,1-3H3,(H,64,70)(H,65,71). The highest BCUT2D eigenvalue weighted by atomic mass is 35.5. The topological polar surface area (TPSA) is 265 Å². The zero-order valence-corrected chi connectivity index (χ0v) is 46.5. The average Bonchev–Trinajstić information content (AvgIpc) is 4.29. The Hall–Kier alpha value is -8.06. The summed E-state index contributed by atoms with van der Waals surface area (Å²) in [6, 6.07) is 18.4. The van der Waals surface area contributed by atoms with Crippen molar-refractivity contribution in [2.75, 3.05) is 23.2 Å². The van der Waals surface area contributed by atoms with Crippen LogP contribution >= 0.6 is 23.2 Å². The second kappa shape index (κ2) is 22.8. The first-order chi connectivity index (χ1) is 38.6. The van der Waals surface area contributed by atoms with Gasteiger partial charge < -0.3 is 20.1 Å². The minimum Gasteiger partial charge on any atom is -0.480 e. The molecule has 26 heteroatoms. The summed E-state index contributed by atoms with van der Waals surface area (Å²) in [6.45, 7) is 3.57. The SMILES string of the molecule is COc1ncc(-c2ccc3ncn(CC(C)C(=O)NC4CC(COc5ncc(-c6ccc7ncn(CC(C)C(=O)NC8CC8)c(=O)c7c6)cc5NS(=O)(=O)c5ccc(F)cc5Cl)C4)c(=O)c3c2)cc1NS(=O)(=O)c1ccc(F)cc1Cl. The summed E-state index contributed by atoms with van der Waals surface area (Å²) in [5.74, 6) is -3.35. The number of methoxy groups -OCH3 is 1. The number of benzene rings is 4. The number of carbonyl (C=O) groups is 2. The molecule has 20 nitrogen and oxygen atoms in total. The third-order valence-electron chi connectivity index (χ3n) is 13.9. The molecule has 4 aromatic heterocycles. The average molecular weight is 1180 g/mol. The first-order valence-corrected chi connectivity index (χ1v) is 29.1. The Labute approximate surface area is 472 Å². The molecule has 2 aliphatic rings. The fraction of sp³-hybridized carbons (Fsp3) is 0.273. The second-order valence-electron chi connectivity index (χ2n) is 20.0. The van der Waals surface area contributed by atoms with E-state index in [1.54, 1.807) is 50.2 Å². The Morgan fingerprint density at radius 2 is 1.09 bits per heavy atom. The molecule has 4 heterocycles. The zero-order valence-electron chi connectivity index (χ0n) is 43.3. The molecule has 8 aromatic rings. The molecule has 4 aromatic carbocycles. The fourth-order valence-electron chi connectivity index (χ4n) is 9.22. The minimum absolute atomic E-state index is 0.0175. The molecule has 2 atom stereocenters. The summed E-state index contributed by atoms with van der Waals surface area (Å²) in [5.41, 5.74) is 1.60. The van der Waals surface area contributed by atoms with Crippen LogP contribution in [0.2, 0.25) is 10.0 Å². The molecule has 10 rings (SSSR count). The first kappa shape index (κ1) is 56.2. The van der Waals surface area contributed by atoms with E-state index in [1.165, 1.54) is 53.4 Å². The Morgan fingerprint density at radius 1 is 0.630 bits per heavy atom. The van der Waals surface area contributed by atoms with Crippen LogP contribution in [0.1, 0.15) is 39.5 Å². The lowest BCUT2D eigenvalue weighted by Gasteiger charge is -2.36. The lowest BCUT2D eigenvalue weighted by molar-refractivity contribution is -0.127. The summed E-state index contributed by atoms with van der Waals surface area (Å²) in [7, 11) is -7.48. The molecule has 0 saturated heterocycles. The number of amides is 2. The molecule has 420 valence electrons. The third-order valence-corrected chi connectivity index (χ3v) is 17.6. The van der Waals surface area contributed by atoms with Crippen LogP contribution in [0.3, 0.4) is 0 Å². The fourth-order valence-corrected chi connectivity index (χ4v) is 12.4. The van der Waals surface area contributed by atoms with Gasteiger partial charge in [-0.25, -0.2) is 45.6 Å². The van der Waals surface area contributed by atoms with E-state index in [-0.39, 0.29) is 104 Å². The summed E-state index contributed by atoms with van der Waals surface area (Å²) >= 11 is 12.3. The Morgan fingerprint density at radius 3 is 1.54 bits per heavy atom. The summed E-state index contributed by atoms with van der Waals surface area (Å²) in [5, 5.41) is 5.76. The quantitative estimate of drug-likeness (QED) is 0.0564. The van der Waals surface area contributed by atoms with Crippen LogP contribution in [0, 0.1) is 29.4 Å². The van der Waals surface area contributed by atoms with Gasteiger partial charge in [0.15, 0.2) is 0 Å². The highest BCUT2D eigenvalue weighted by Crippen LogP contribution is 2.36. The normalized spacial score (nSPS) is 16.0. The van der Waals surface area contributed by atoms with Gasteiger partial charge in [-0.05, 0) is 116 Å². The lowest BCUT2D eigenvalue weighted by Crippen LogP contribution is -2.48. The summed E-state index contributed by atoms with van der Waals surface area (Å²) < 4.78 is 101. The van der Waals surface area contributed by atoms with Gasteiger partial charge in [0.1, 0.15) is 32.8 Å². The summed E-state index contributed by atoms with van der Waals surface area (Å²) in [6.07, 6.45) is 8.49. The molecule has 0 radical (unpaired) electrons. The van der Waals surface area contributed by atoms with Crippen molar-refractivity contribution < 1.29 is 44.7 Å². The van der Waals surface area contributed by atoms with E-state index >= 15 is 0 Å². The van der Waals surface area contributed by atoms with E-state index in [0.29, 0.717) is 46.1 Å². The molecule has 0 spiro atoms. The maximum atomic E-state index is 14.0.